The summed E-state index contributed by atoms with van der Waals surface area (Å²) in [6, 6.07) is 9.37. The highest BCUT2D eigenvalue weighted by Gasteiger charge is 2.56. The number of carbonyl (C=O) groups excluding carboxylic acids is 1. The minimum absolute atomic E-state index is 0.0126. The Kier molecular flexibility index (Phi) is 4.68. The number of rotatable bonds is 2. The van der Waals surface area contributed by atoms with E-state index in [9.17, 15) is 9.90 Å². The molecule has 0 radical (unpaired) electrons. The van der Waals surface area contributed by atoms with Gasteiger partial charge in [0.15, 0.2) is 5.78 Å². The lowest BCUT2D eigenvalue weighted by Gasteiger charge is -2.52. The van der Waals surface area contributed by atoms with Gasteiger partial charge in [-0.1, -0.05) is 24.6 Å². The van der Waals surface area contributed by atoms with E-state index in [1.807, 2.05) is 6.08 Å². The molecule has 0 spiro atoms. The molecule has 1 heterocycles. The van der Waals surface area contributed by atoms with Crippen molar-refractivity contribution < 1.29 is 9.90 Å². The lowest BCUT2D eigenvalue weighted by molar-refractivity contribution is -0.114. The molecule has 31 heavy (non-hydrogen) atoms. The summed E-state index contributed by atoms with van der Waals surface area (Å²) in [5.74, 6) is 1.84. The quantitative estimate of drug-likeness (QED) is 0.686. The molecule has 164 valence electrons. The Labute approximate surface area is 186 Å². The summed E-state index contributed by atoms with van der Waals surface area (Å²) < 4.78 is 0. The zero-order valence-corrected chi connectivity index (χ0v) is 18.8. The fourth-order valence-electron chi connectivity index (χ4n) is 7.82. The highest BCUT2D eigenvalue weighted by molar-refractivity contribution is 5.93. The van der Waals surface area contributed by atoms with Gasteiger partial charge in [-0.05, 0) is 104 Å². The third-order valence-corrected chi connectivity index (χ3v) is 9.45. The summed E-state index contributed by atoms with van der Waals surface area (Å²) in [4.78, 5) is 14.6. The monoisotopic (exact) mass is 417 g/mol. The maximum Gasteiger partial charge on any atom is 0.156 e. The van der Waals surface area contributed by atoms with Crippen LogP contribution >= 0.6 is 0 Å². The van der Waals surface area contributed by atoms with Crippen LogP contribution in [0.2, 0.25) is 0 Å². The Bertz CT molecular complexity index is 952. The highest BCUT2D eigenvalue weighted by atomic mass is 16.3. The number of hydrogen-bond donors (Lipinski definition) is 1. The van der Waals surface area contributed by atoms with Gasteiger partial charge < -0.3 is 10.0 Å². The second kappa shape index (κ2) is 7.33. The predicted octanol–water partition coefficient (Wildman–Crippen LogP) is 5.55. The first-order valence-electron chi connectivity index (χ1n) is 12.5. The van der Waals surface area contributed by atoms with Crippen LogP contribution in [-0.2, 0) is 4.79 Å². The van der Waals surface area contributed by atoms with Gasteiger partial charge in [0.25, 0.3) is 0 Å². The molecule has 3 heteroatoms. The van der Waals surface area contributed by atoms with Gasteiger partial charge in [0, 0.05) is 31.1 Å². The van der Waals surface area contributed by atoms with Crippen LogP contribution in [-0.4, -0.2) is 30.1 Å². The fraction of sp³-hybridized carbons (Fsp3) is 0.607. The van der Waals surface area contributed by atoms with Crippen LogP contribution in [0.4, 0.5) is 5.69 Å². The Hall–Kier alpha value is -1.87. The van der Waals surface area contributed by atoms with E-state index in [-0.39, 0.29) is 11.5 Å². The average Bonchev–Trinajstić information content (AvgIpc) is 3.42. The average molecular weight is 418 g/mol. The molecule has 6 rings (SSSR count). The molecule has 3 fully saturated rings. The lowest BCUT2D eigenvalue weighted by atomic mass is 9.53. The van der Waals surface area contributed by atoms with Crippen molar-refractivity contribution in [2.75, 3.05) is 18.0 Å². The molecule has 5 atom stereocenters. The van der Waals surface area contributed by atoms with E-state index in [0.29, 0.717) is 30.0 Å². The molecule has 1 aliphatic heterocycles. The van der Waals surface area contributed by atoms with Crippen molar-refractivity contribution in [3.8, 4) is 0 Å². The van der Waals surface area contributed by atoms with Gasteiger partial charge in [-0.15, -0.1) is 0 Å². The van der Waals surface area contributed by atoms with Crippen LogP contribution in [0.5, 0.6) is 0 Å². The normalized spacial score (nSPS) is 37.4. The molecule has 3 nitrogen and oxygen atoms in total. The summed E-state index contributed by atoms with van der Waals surface area (Å²) in [6.07, 6.45) is 11.3. The van der Waals surface area contributed by atoms with Gasteiger partial charge in [-0.2, -0.15) is 0 Å². The second-order valence-corrected chi connectivity index (χ2v) is 11.0. The van der Waals surface area contributed by atoms with Crippen molar-refractivity contribution in [1.82, 2.24) is 0 Å². The molecule has 5 aliphatic rings. The van der Waals surface area contributed by atoms with Crippen molar-refractivity contribution in [3.05, 3.63) is 52.6 Å². The summed E-state index contributed by atoms with van der Waals surface area (Å²) in [5, 5.41) is 11.0. The number of anilines is 1. The van der Waals surface area contributed by atoms with Crippen molar-refractivity contribution >= 4 is 11.5 Å². The van der Waals surface area contributed by atoms with E-state index in [2.05, 4.69) is 36.1 Å². The highest BCUT2D eigenvalue weighted by Crippen LogP contribution is 2.63. The van der Waals surface area contributed by atoms with E-state index in [1.165, 1.54) is 48.3 Å². The van der Waals surface area contributed by atoms with Gasteiger partial charge in [0.1, 0.15) is 0 Å². The molecule has 5 unspecified atom stereocenters. The number of hydrogen-bond acceptors (Lipinski definition) is 3. The Morgan fingerprint density at radius 1 is 1.00 bits per heavy atom. The minimum Gasteiger partial charge on any atom is -0.393 e. The van der Waals surface area contributed by atoms with E-state index in [4.69, 9.17) is 0 Å². The molecule has 0 bridgehead atoms. The van der Waals surface area contributed by atoms with Crippen molar-refractivity contribution in [3.63, 3.8) is 0 Å². The van der Waals surface area contributed by atoms with Crippen LogP contribution in [0, 0.1) is 17.3 Å². The standard InChI is InChI=1S/C28H35NO2/c1-28-17-24(18-4-7-20(8-5-18)29-14-2-3-15-29)27-22-11-9-21(30)16-19(22)6-10-23(27)25(28)12-13-26(28)31/h4-5,7-8,16,23-26,31H,2-3,6,9-15,17H2,1H3. The fourth-order valence-corrected chi connectivity index (χ4v) is 7.82. The van der Waals surface area contributed by atoms with E-state index >= 15 is 0 Å². The Morgan fingerprint density at radius 2 is 1.77 bits per heavy atom. The molecule has 1 N–H and O–H groups in total. The predicted molar refractivity (Wildman–Crippen MR) is 124 cm³/mol. The largest absolute Gasteiger partial charge is 0.393 e. The van der Waals surface area contributed by atoms with Crippen LogP contribution in [0.15, 0.2) is 47.1 Å². The summed E-state index contributed by atoms with van der Waals surface area (Å²) in [5.41, 5.74) is 7.24. The second-order valence-electron chi connectivity index (χ2n) is 11.0. The third kappa shape index (κ3) is 3.07. The van der Waals surface area contributed by atoms with E-state index in [0.717, 1.165) is 38.5 Å². The summed E-state index contributed by atoms with van der Waals surface area (Å²) in [6.45, 7) is 4.71. The molecule has 2 saturated carbocycles. The van der Waals surface area contributed by atoms with Crippen LogP contribution < -0.4 is 4.90 Å². The number of allylic oxidation sites excluding steroid dienone is 4. The van der Waals surface area contributed by atoms with Crippen LogP contribution in [0.1, 0.15) is 76.2 Å². The third-order valence-electron chi connectivity index (χ3n) is 9.45. The molecule has 0 amide bonds. The number of benzene rings is 1. The first-order valence-corrected chi connectivity index (χ1v) is 12.5. The van der Waals surface area contributed by atoms with Gasteiger partial charge in [-0.25, -0.2) is 0 Å². The molecule has 1 aromatic rings. The SMILES string of the molecule is CC12CC(c3ccc(N4CCCC4)cc3)C3=C4CCC(=O)C=C4CCC3C1CCC2O. The molecule has 1 saturated heterocycles. The molecular formula is C28H35NO2. The molecule has 1 aromatic carbocycles. The minimum atomic E-state index is -0.180. The van der Waals surface area contributed by atoms with Gasteiger partial charge in [0.2, 0.25) is 0 Å². The number of aliphatic hydroxyl groups is 1. The molecule has 0 aromatic heterocycles. The Morgan fingerprint density at radius 3 is 2.55 bits per heavy atom. The zero-order chi connectivity index (χ0) is 21.2. The number of ketones is 1. The number of carbonyl (C=O) groups is 1. The van der Waals surface area contributed by atoms with Crippen molar-refractivity contribution in [2.24, 2.45) is 17.3 Å². The van der Waals surface area contributed by atoms with Crippen molar-refractivity contribution in [2.45, 2.75) is 76.7 Å². The summed E-state index contributed by atoms with van der Waals surface area (Å²) >= 11 is 0. The van der Waals surface area contributed by atoms with Gasteiger partial charge in [-0.3, -0.25) is 4.79 Å². The maximum atomic E-state index is 12.1. The summed E-state index contributed by atoms with van der Waals surface area (Å²) in [7, 11) is 0. The topological polar surface area (TPSA) is 40.5 Å². The first kappa shape index (κ1) is 19.8. The first-order chi connectivity index (χ1) is 15.0. The zero-order valence-electron chi connectivity index (χ0n) is 18.8. The van der Waals surface area contributed by atoms with Crippen molar-refractivity contribution in [1.29, 1.82) is 0 Å². The Balaban J connectivity index is 1.44. The van der Waals surface area contributed by atoms with Crippen LogP contribution in [0.25, 0.3) is 0 Å². The smallest absolute Gasteiger partial charge is 0.156 e. The maximum absolute atomic E-state index is 12.1. The van der Waals surface area contributed by atoms with Gasteiger partial charge >= 0.3 is 0 Å². The lowest BCUT2D eigenvalue weighted by Crippen LogP contribution is -2.45. The molecular weight excluding hydrogens is 382 g/mol. The van der Waals surface area contributed by atoms with E-state index < -0.39 is 0 Å². The number of nitrogens with zero attached hydrogens (tertiary/aromatic N) is 1. The number of fused-ring (bicyclic) bond motifs is 4. The van der Waals surface area contributed by atoms with Gasteiger partial charge in [0.05, 0.1) is 6.10 Å². The molecule has 4 aliphatic carbocycles. The number of aliphatic hydroxyl groups excluding tert-OH is 1. The van der Waals surface area contributed by atoms with Crippen LogP contribution in [0.3, 0.4) is 0 Å². The van der Waals surface area contributed by atoms with E-state index in [1.54, 1.807) is 5.57 Å².